The number of nitrogens with zero attached hydrogens (tertiary/aromatic N) is 3. The fraction of sp³-hybridized carbons (Fsp3) is 0.357. The molecule has 0 atom stereocenters. The molecule has 2 rings (SSSR count). The molecular weight excluding hydrogens is 276 g/mol. The Balaban J connectivity index is 2.46. The van der Waals surface area contributed by atoms with Gasteiger partial charge >= 0.3 is 6.01 Å². The first-order valence-electron chi connectivity index (χ1n) is 6.36. The molecule has 0 amide bonds. The summed E-state index contributed by atoms with van der Waals surface area (Å²) >= 11 is 6.14. The van der Waals surface area contributed by atoms with Crippen molar-refractivity contribution >= 4 is 17.5 Å². The zero-order valence-electron chi connectivity index (χ0n) is 11.9. The zero-order valence-corrected chi connectivity index (χ0v) is 12.7. The number of hydrogen-bond acceptors (Lipinski definition) is 5. The van der Waals surface area contributed by atoms with Crippen LogP contribution in [0.3, 0.4) is 0 Å². The first-order chi connectivity index (χ1) is 9.49. The molecule has 1 aromatic carbocycles. The van der Waals surface area contributed by atoms with E-state index in [9.17, 15) is 0 Å². The molecule has 0 aliphatic carbocycles. The van der Waals surface area contributed by atoms with Crippen LogP contribution in [0.5, 0.6) is 6.01 Å². The number of aryl methyl sites for hydroxylation is 1. The molecule has 0 bridgehead atoms. The third kappa shape index (κ3) is 3.36. The quantitative estimate of drug-likeness (QED) is 0.936. The first-order valence-corrected chi connectivity index (χ1v) is 6.74. The van der Waals surface area contributed by atoms with Gasteiger partial charge in [-0.2, -0.15) is 15.0 Å². The minimum Gasteiger partial charge on any atom is -0.461 e. The van der Waals surface area contributed by atoms with Crippen LogP contribution in [-0.2, 0) is 0 Å². The number of benzene rings is 1. The summed E-state index contributed by atoms with van der Waals surface area (Å²) in [6, 6.07) is 6.00. The molecule has 1 heterocycles. The van der Waals surface area contributed by atoms with E-state index in [1.165, 1.54) is 0 Å². The molecule has 0 aliphatic rings. The highest BCUT2D eigenvalue weighted by Gasteiger charge is 2.11. The standard InChI is InChI=1S/C14H17ClN4O/c1-8(2)20-14-18-12(17-13(16-4)19-14)10-6-5-9(3)11(15)7-10/h5-8H,1-4H3,(H,16,17,18,19). The van der Waals surface area contributed by atoms with Gasteiger partial charge in [-0.05, 0) is 32.4 Å². The van der Waals surface area contributed by atoms with Gasteiger partial charge < -0.3 is 10.1 Å². The highest BCUT2D eigenvalue weighted by Crippen LogP contribution is 2.24. The van der Waals surface area contributed by atoms with Crippen LogP contribution in [0.1, 0.15) is 19.4 Å². The van der Waals surface area contributed by atoms with Crippen molar-refractivity contribution in [3.8, 4) is 17.4 Å². The fourth-order valence-electron chi connectivity index (χ4n) is 1.59. The summed E-state index contributed by atoms with van der Waals surface area (Å²) in [6.45, 7) is 5.79. The van der Waals surface area contributed by atoms with E-state index >= 15 is 0 Å². The van der Waals surface area contributed by atoms with Gasteiger partial charge in [-0.15, -0.1) is 0 Å². The molecule has 6 heteroatoms. The van der Waals surface area contributed by atoms with Gasteiger partial charge in [0.15, 0.2) is 5.82 Å². The molecular formula is C14H17ClN4O. The molecule has 1 aromatic heterocycles. The van der Waals surface area contributed by atoms with E-state index in [2.05, 4.69) is 20.3 Å². The van der Waals surface area contributed by atoms with Gasteiger partial charge in [0.1, 0.15) is 0 Å². The predicted octanol–water partition coefficient (Wildman–Crippen LogP) is 3.33. The molecule has 0 saturated heterocycles. The van der Waals surface area contributed by atoms with E-state index in [0.29, 0.717) is 22.8 Å². The number of anilines is 1. The Bertz CT molecular complexity index is 616. The van der Waals surface area contributed by atoms with Crippen LogP contribution in [0.15, 0.2) is 18.2 Å². The second kappa shape index (κ2) is 6.05. The van der Waals surface area contributed by atoms with Crippen molar-refractivity contribution in [2.45, 2.75) is 26.9 Å². The third-order valence-electron chi connectivity index (χ3n) is 2.61. The number of aromatic nitrogens is 3. The summed E-state index contributed by atoms with van der Waals surface area (Å²) in [6.07, 6.45) is -0.00318. The van der Waals surface area contributed by atoms with Gasteiger partial charge in [-0.3, -0.25) is 0 Å². The maximum Gasteiger partial charge on any atom is 0.322 e. The van der Waals surface area contributed by atoms with Gasteiger partial charge in [0.05, 0.1) is 6.10 Å². The molecule has 20 heavy (non-hydrogen) atoms. The van der Waals surface area contributed by atoms with Crippen LogP contribution < -0.4 is 10.1 Å². The van der Waals surface area contributed by atoms with Crippen LogP contribution in [0.2, 0.25) is 5.02 Å². The molecule has 0 radical (unpaired) electrons. The summed E-state index contributed by atoms with van der Waals surface area (Å²) in [5, 5.41) is 3.58. The number of hydrogen-bond donors (Lipinski definition) is 1. The number of rotatable bonds is 4. The lowest BCUT2D eigenvalue weighted by atomic mass is 10.1. The van der Waals surface area contributed by atoms with Gasteiger partial charge in [0.25, 0.3) is 0 Å². The molecule has 1 N–H and O–H groups in total. The van der Waals surface area contributed by atoms with E-state index in [1.807, 2.05) is 39.0 Å². The van der Waals surface area contributed by atoms with Gasteiger partial charge in [-0.1, -0.05) is 23.7 Å². The smallest absolute Gasteiger partial charge is 0.322 e. The third-order valence-corrected chi connectivity index (χ3v) is 3.02. The fourth-order valence-corrected chi connectivity index (χ4v) is 1.77. The van der Waals surface area contributed by atoms with E-state index in [4.69, 9.17) is 16.3 Å². The maximum absolute atomic E-state index is 6.14. The van der Waals surface area contributed by atoms with E-state index in [-0.39, 0.29) is 6.10 Å². The van der Waals surface area contributed by atoms with Crippen molar-refractivity contribution < 1.29 is 4.74 Å². The molecule has 0 fully saturated rings. The lowest BCUT2D eigenvalue weighted by Gasteiger charge is -2.10. The van der Waals surface area contributed by atoms with Crippen molar-refractivity contribution in [1.82, 2.24) is 15.0 Å². The van der Waals surface area contributed by atoms with Crippen LogP contribution in [0.4, 0.5) is 5.95 Å². The second-order valence-corrected chi connectivity index (χ2v) is 5.05. The van der Waals surface area contributed by atoms with Crippen molar-refractivity contribution in [3.63, 3.8) is 0 Å². The maximum atomic E-state index is 6.14. The highest BCUT2D eigenvalue weighted by atomic mass is 35.5. The van der Waals surface area contributed by atoms with Crippen molar-refractivity contribution in [2.24, 2.45) is 0 Å². The Hall–Kier alpha value is -1.88. The number of nitrogens with one attached hydrogen (secondary N) is 1. The minimum absolute atomic E-state index is 0.00318. The predicted molar refractivity (Wildman–Crippen MR) is 80.3 cm³/mol. The molecule has 106 valence electrons. The summed E-state index contributed by atoms with van der Waals surface area (Å²) in [5.74, 6) is 0.990. The van der Waals surface area contributed by atoms with Crippen molar-refractivity contribution in [1.29, 1.82) is 0 Å². The summed E-state index contributed by atoms with van der Waals surface area (Å²) < 4.78 is 5.54. The van der Waals surface area contributed by atoms with E-state index in [0.717, 1.165) is 11.1 Å². The molecule has 2 aromatic rings. The highest BCUT2D eigenvalue weighted by molar-refractivity contribution is 6.31. The monoisotopic (exact) mass is 292 g/mol. The van der Waals surface area contributed by atoms with Crippen LogP contribution in [-0.4, -0.2) is 28.1 Å². The van der Waals surface area contributed by atoms with E-state index < -0.39 is 0 Å². The molecule has 0 saturated carbocycles. The van der Waals surface area contributed by atoms with Gasteiger partial charge in [0, 0.05) is 17.6 Å². The van der Waals surface area contributed by atoms with Crippen LogP contribution in [0, 0.1) is 6.92 Å². The Kier molecular flexibility index (Phi) is 4.39. The largest absolute Gasteiger partial charge is 0.461 e. The second-order valence-electron chi connectivity index (χ2n) is 4.65. The van der Waals surface area contributed by atoms with Crippen LogP contribution >= 0.6 is 11.6 Å². The normalized spacial score (nSPS) is 10.7. The summed E-state index contributed by atoms with van der Waals surface area (Å²) in [5.41, 5.74) is 1.84. The number of ether oxygens (including phenoxy) is 1. The molecule has 0 unspecified atom stereocenters. The lowest BCUT2D eigenvalue weighted by Crippen LogP contribution is -2.11. The molecule has 0 spiro atoms. The summed E-state index contributed by atoms with van der Waals surface area (Å²) in [4.78, 5) is 12.8. The summed E-state index contributed by atoms with van der Waals surface area (Å²) in [7, 11) is 1.75. The Labute approximate surface area is 123 Å². The number of halogens is 1. The van der Waals surface area contributed by atoms with E-state index in [1.54, 1.807) is 7.05 Å². The zero-order chi connectivity index (χ0) is 14.7. The van der Waals surface area contributed by atoms with Gasteiger partial charge in [-0.25, -0.2) is 0 Å². The Morgan fingerprint density at radius 2 is 1.95 bits per heavy atom. The average molecular weight is 293 g/mol. The molecule has 5 nitrogen and oxygen atoms in total. The molecule has 0 aliphatic heterocycles. The Morgan fingerprint density at radius 3 is 2.55 bits per heavy atom. The average Bonchev–Trinajstić information content (AvgIpc) is 2.40. The van der Waals surface area contributed by atoms with Crippen molar-refractivity contribution in [2.75, 3.05) is 12.4 Å². The van der Waals surface area contributed by atoms with Crippen molar-refractivity contribution in [3.05, 3.63) is 28.8 Å². The SMILES string of the molecule is CNc1nc(OC(C)C)nc(-c2ccc(C)c(Cl)c2)n1. The topological polar surface area (TPSA) is 59.9 Å². The Morgan fingerprint density at radius 1 is 1.20 bits per heavy atom. The minimum atomic E-state index is -0.00318. The van der Waals surface area contributed by atoms with Gasteiger partial charge in [0.2, 0.25) is 5.95 Å². The first kappa shape index (κ1) is 14.5. The lowest BCUT2D eigenvalue weighted by molar-refractivity contribution is 0.222. The van der Waals surface area contributed by atoms with Crippen LogP contribution in [0.25, 0.3) is 11.4 Å².